The number of hydrogen-bond donors (Lipinski definition) is 2. The molecule has 0 aromatic heterocycles. The van der Waals surface area contributed by atoms with Crippen LogP contribution in [0, 0.1) is 0 Å². The second-order valence-electron chi connectivity index (χ2n) is 7.89. The minimum atomic E-state index is -2.17. The predicted molar refractivity (Wildman–Crippen MR) is 145 cm³/mol. The van der Waals surface area contributed by atoms with Gasteiger partial charge in [-0.25, -0.2) is 20.4 Å². The highest BCUT2D eigenvalue weighted by atomic mass is 31.2. The summed E-state index contributed by atoms with van der Waals surface area (Å²) in [5.74, 6) is 0. The number of hydrazine groups is 1. The van der Waals surface area contributed by atoms with Gasteiger partial charge in [-0.2, -0.15) is 0 Å². The molecule has 0 aliphatic carbocycles. The zero-order valence-electron chi connectivity index (χ0n) is 20.0. The van der Waals surface area contributed by atoms with Crippen LogP contribution in [0.3, 0.4) is 0 Å². The minimum absolute atomic E-state index is 0.0596. The highest BCUT2D eigenvalue weighted by molar-refractivity contribution is 8.01. The Morgan fingerprint density at radius 3 is 1.39 bits per heavy atom. The average molecular weight is 500 g/mol. The summed E-state index contributed by atoms with van der Waals surface area (Å²) in [6, 6.07) is 40.0. The summed E-state index contributed by atoms with van der Waals surface area (Å²) in [6.07, 6.45) is -1.52. The highest BCUT2D eigenvalue weighted by Crippen LogP contribution is 2.54. The van der Waals surface area contributed by atoms with Gasteiger partial charge in [-0.1, -0.05) is 66.7 Å². The third kappa shape index (κ3) is 5.56. The number of rotatable bonds is 7. The average Bonchev–Trinajstić information content (AvgIpc) is 2.94. The van der Waals surface area contributed by atoms with Crippen LogP contribution >= 0.6 is 7.26 Å². The lowest BCUT2D eigenvalue weighted by Crippen LogP contribution is -2.42. The van der Waals surface area contributed by atoms with E-state index in [1.54, 1.807) is 6.92 Å². The van der Waals surface area contributed by atoms with Crippen molar-refractivity contribution >= 4 is 40.7 Å². The number of ether oxygens (including phenoxy) is 2. The zero-order chi connectivity index (χ0) is 25.2. The normalized spacial score (nSPS) is 10.8. The first-order chi connectivity index (χ1) is 17.6. The van der Waals surface area contributed by atoms with Crippen molar-refractivity contribution in [2.45, 2.75) is 13.5 Å². The molecule has 4 aromatic carbocycles. The molecule has 0 fully saturated rings. The molecule has 2 N–H and O–H groups in total. The van der Waals surface area contributed by atoms with Crippen LogP contribution in [0.4, 0.5) is 9.59 Å². The van der Waals surface area contributed by atoms with Gasteiger partial charge in [0, 0.05) is 0 Å². The first-order valence-corrected chi connectivity index (χ1v) is 13.4. The highest BCUT2D eigenvalue weighted by Gasteiger charge is 2.47. The van der Waals surface area contributed by atoms with E-state index in [1.165, 1.54) is 21.2 Å². The molecule has 0 aliphatic heterocycles. The topological polar surface area (TPSA) is 76.7 Å². The third-order valence-electron chi connectivity index (χ3n) is 5.67. The van der Waals surface area contributed by atoms with Crippen molar-refractivity contribution in [2.75, 3.05) is 6.61 Å². The molecule has 4 aromatic rings. The number of carbonyl (C=O) groups is 2. The van der Waals surface area contributed by atoms with Crippen molar-refractivity contribution in [3.05, 3.63) is 121 Å². The summed E-state index contributed by atoms with van der Waals surface area (Å²) in [4.78, 5) is 23.2. The number of amides is 2. The standard InChI is InChI=1S/C29H27N2O4P/c1-2-34-28(32)30-31-29(33)35-22-23-18-20-27(21-19-23)36(24-12-6-3-7-13-24,25-14-8-4-9-15-25)26-16-10-5-11-17-26/h3-21H,2,22H2,1H3,(H-,30,31,32,33)/p+1. The lowest BCUT2D eigenvalue weighted by molar-refractivity contribution is 0.123. The monoisotopic (exact) mass is 499 g/mol. The maximum absolute atomic E-state index is 11.9. The van der Waals surface area contributed by atoms with Gasteiger partial charge in [-0.3, -0.25) is 0 Å². The second kappa shape index (κ2) is 12.0. The van der Waals surface area contributed by atoms with E-state index in [0.717, 1.165) is 5.56 Å². The molecule has 0 unspecified atom stereocenters. The van der Waals surface area contributed by atoms with E-state index in [9.17, 15) is 9.59 Å². The molecule has 4 rings (SSSR count). The molecule has 0 heterocycles. The molecule has 0 spiro atoms. The Morgan fingerprint density at radius 1 is 0.583 bits per heavy atom. The van der Waals surface area contributed by atoms with Crippen molar-refractivity contribution in [1.29, 1.82) is 0 Å². The fraction of sp³-hybridized carbons (Fsp3) is 0.103. The van der Waals surface area contributed by atoms with Crippen LogP contribution in [0.1, 0.15) is 12.5 Å². The molecule has 2 amide bonds. The molecule has 6 nitrogen and oxygen atoms in total. The molecule has 7 heteroatoms. The van der Waals surface area contributed by atoms with Crippen LogP contribution in [0.25, 0.3) is 0 Å². The summed E-state index contributed by atoms with van der Waals surface area (Å²) >= 11 is 0. The zero-order valence-corrected chi connectivity index (χ0v) is 20.9. The summed E-state index contributed by atoms with van der Waals surface area (Å²) in [6.45, 7) is 1.93. The van der Waals surface area contributed by atoms with Gasteiger partial charge in [-0.15, -0.1) is 0 Å². The van der Waals surface area contributed by atoms with E-state index in [4.69, 9.17) is 9.47 Å². The Bertz CT molecular complexity index is 1170. The van der Waals surface area contributed by atoms with Crippen molar-refractivity contribution < 1.29 is 19.1 Å². The van der Waals surface area contributed by atoms with E-state index < -0.39 is 19.4 Å². The number of hydrogen-bond acceptors (Lipinski definition) is 4. The molecule has 0 aliphatic rings. The first kappa shape index (κ1) is 25.0. The predicted octanol–water partition coefficient (Wildman–Crippen LogP) is 4.19. The molecule has 0 atom stereocenters. The van der Waals surface area contributed by atoms with Gasteiger partial charge in [0.1, 0.15) is 35.1 Å². The molecule has 36 heavy (non-hydrogen) atoms. The second-order valence-corrected chi connectivity index (χ2v) is 11.3. The van der Waals surface area contributed by atoms with Gasteiger partial charge < -0.3 is 9.47 Å². The molecular formula is C29H28N2O4P+. The molecular weight excluding hydrogens is 471 g/mol. The quantitative estimate of drug-likeness (QED) is 0.295. The third-order valence-corrected chi connectivity index (χ3v) is 9.96. The van der Waals surface area contributed by atoms with E-state index >= 15 is 0 Å². The van der Waals surface area contributed by atoms with Crippen molar-refractivity contribution in [3.63, 3.8) is 0 Å². The smallest absolute Gasteiger partial charge is 0.426 e. The Balaban J connectivity index is 1.65. The Morgan fingerprint density at radius 2 is 0.972 bits per heavy atom. The molecule has 182 valence electrons. The van der Waals surface area contributed by atoms with Gasteiger partial charge in [0.05, 0.1) is 6.61 Å². The summed E-state index contributed by atoms with van der Waals surface area (Å²) in [7, 11) is -2.17. The summed E-state index contributed by atoms with van der Waals surface area (Å²) in [5.41, 5.74) is 5.11. The minimum Gasteiger partial charge on any atom is -0.449 e. The maximum Gasteiger partial charge on any atom is 0.426 e. The first-order valence-electron chi connectivity index (χ1n) is 11.7. The molecule has 0 bridgehead atoms. The molecule has 0 saturated carbocycles. The van der Waals surface area contributed by atoms with Gasteiger partial charge >= 0.3 is 12.2 Å². The van der Waals surface area contributed by atoms with Crippen molar-refractivity contribution in [2.24, 2.45) is 0 Å². The fourth-order valence-electron chi connectivity index (χ4n) is 4.12. The van der Waals surface area contributed by atoms with E-state index in [2.05, 4.69) is 95.8 Å². The van der Waals surface area contributed by atoms with Crippen LogP contribution in [0.15, 0.2) is 115 Å². The van der Waals surface area contributed by atoms with Gasteiger partial charge in [-0.05, 0) is 61.0 Å². The lowest BCUT2D eigenvalue weighted by atomic mass is 10.2. The SMILES string of the molecule is CCOC(=O)NNC(=O)OCc1ccc([P+](c2ccccc2)(c2ccccc2)c2ccccc2)cc1. The van der Waals surface area contributed by atoms with Crippen molar-refractivity contribution in [1.82, 2.24) is 10.9 Å². The Labute approximate surface area is 211 Å². The Kier molecular flexibility index (Phi) is 8.32. The fourth-order valence-corrected chi connectivity index (χ4v) is 8.36. The van der Waals surface area contributed by atoms with Crippen LogP contribution in [-0.4, -0.2) is 18.8 Å². The van der Waals surface area contributed by atoms with Crippen LogP contribution < -0.4 is 32.1 Å². The van der Waals surface area contributed by atoms with Gasteiger partial charge in [0.25, 0.3) is 0 Å². The van der Waals surface area contributed by atoms with Gasteiger partial charge in [0.15, 0.2) is 0 Å². The Hall–Kier alpha value is -4.15. The lowest BCUT2D eigenvalue weighted by Gasteiger charge is -2.27. The molecule has 0 radical (unpaired) electrons. The van der Waals surface area contributed by atoms with Crippen molar-refractivity contribution in [3.8, 4) is 0 Å². The van der Waals surface area contributed by atoms with Crippen LogP contribution in [0.5, 0.6) is 0 Å². The summed E-state index contributed by atoms with van der Waals surface area (Å²) < 4.78 is 9.92. The van der Waals surface area contributed by atoms with E-state index in [0.29, 0.717) is 0 Å². The molecule has 0 saturated heterocycles. The maximum atomic E-state index is 11.9. The van der Waals surface area contributed by atoms with E-state index in [-0.39, 0.29) is 13.2 Å². The largest absolute Gasteiger partial charge is 0.449 e. The number of benzene rings is 4. The van der Waals surface area contributed by atoms with Gasteiger partial charge in [0.2, 0.25) is 0 Å². The summed E-state index contributed by atoms with van der Waals surface area (Å²) in [5, 5.41) is 4.98. The van der Waals surface area contributed by atoms with E-state index in [1.807, 2.05) is 30.3 Å². The van der Waals surface area contributed by atoms with Crippen LogP contribution in [-0.2, 0) is 16.1 Å². The van der Waals surface area contributed by atoms with Crippen LogP contribution in [0.2, 0.25) is 0 Å². The number of carbonyl (C=O) groups excluding carboxylic acids is 2. The number of nitrogens with one attached hydrogen (secondary N) is 2.